The largest absolute Gasteiger partial charge is 0.297 e. The maximum atomic E-state index is 12.5. The molecule has 0 spiro atoms. The number of likely N-dealkylation sites (tertiary alicyclic amines) is 1. The van der Waals surface area contributed by atoms with Gasteiger partial charge in [-0.1, -0.05) is 18.0 Å². The quantitative estimate of drug-likeness (QED) is 0.824. The first-order chi connectivity index (χ1) is 11.6. The molecule has 2 aromatic rings. The highest BCUT2D eigenvalue weighted by molar-refractivity contribution is 6.29. The number of hydrogen-bond donors (Lipinski definition) is 0. The summed E-state index contributed by atoms with van der Waals surface area (Å²) in [6, 6.07) is 3.63. The minimum absolute atomic E-state index is 0.0714. The van der Waals surface area contributed by atoms with Crippen LogP contribution in [-0.2, 0) is 6.54 Å². The summed E-state index contributed by atoms with van der Waals surface area (Å²) in [5, 5.41) is 4.84. The summed E-state index contributed by atoms with van der Waals surface area (Å²) in [5.41, 5.74) is 2.97. The first-order valence-corrected chi connectivity index (χ1v) is 8.77. The zero-order chi connectivity index (χ0) is 16.7. The van der Waals surface area contributed by atoms with Crippen molar-refractivity contribution in [1.29, 1.82) is 0 Å². The molecule has 4 rings (SSSR count). The van der Waals surface area contributed by atoms with Crippen molar-refractivity contribution in [3.8, 4) is 0 Å². The Hall–Kier alpha value is -1.53. The average Bonchev–Trinajstić information content (AvgIpc) is 3.03. The maximum absolute atomic E-state index is 12.5. The molecule has 2 aliphatic rings. The van der Waals surface area contributed by atoms with Crippen molar-refractivity contribution in [2.75, 3.05) is 13.1 Å². The molecule has 0 radical (unpaired) electrons. The Morgan fingerprint density at radius 1 is 1.29 bits per heavy atom. The van der Waals surface area contributed by atoms with Crippen molar-refractivity contribution in [3.63, 3.8) is 0 Å². The van der Waals surface area contributed by atoms with Crippen molar-refractivity contribution in [3.05, 3.63) is 40.8 Å². The van der Waals surface area contributed by atoms with Crippen LogP contribution in [0.25, 0.3) is 5.65 Å². The molecular formula is C17H19ClF2N4. The fraction of sp³-hybridized carbons (Fsp3) is 0.529. The highest BCUT2D eigenvalue weighted by atomic mass is 35.5. The van der Waals surface area contributed by atoms with Gasteiger partial charge in [0.15, 0.2) is 5.65 Å². The van der Waals surface area contributed by atoms with Crippen LogP contribution in [0, 0.1) is 5.92 Å². The van der Waals surface area contributed by atoms with Gasteiger partial charge in [-0.05, 0) is 49.9 Å². The number of aromatic nitrogens is 3. The van der Waals surface area contributed by atoms with Crippen molar-refractivity contribution in [1.82, 2.24) is 19.5 Å². The molecule has 1 saturated heterocycles. The van der Waals surface area contributed by atoms with E-state index in [2.05, 4.69) is 10.00 Å². The van der Waals surface area contributed by atoms with E-state index >= 15 is 0 Å². The second kappa shape index (κ2) is 6.41. The summed E-state index contributed by atoms with van der Waals surface area (Å²) in [6.45, 7) is 2.14. The van der Waals surface area contributed by atoms with Gasteiger partial charge in [0.05, 0.1) is 11.4 Å². The Kier molecular flexibility index (Phi) is 4.26. The number of rotatable bonds is 4. The van der Waals surface area contributed by atoms with E-state index in [0.717, 1.165) is 48.9 Å². The fourth-order valence-electron chi connectivity index (χ4n) is 3.66. The van der Waals surface area contributed by atoms with E-state index in [-0.39, 0.29) is 5.92 Å². The summed E-state index contributed by atoms with van der Waals surface area (Å²) >= 11 is 6.06. The highest BCUT2D eigenvalue weighted by Crippen LogP contribution is 2.38. The van der Waals surface area contributed by atoms with E-state index in [1.165, 1.54) is 6.42 Å². The SMILES string of the molecule is FC(F)=CC1CCN(Cc2c(C3CCC3)nc3ccc(Cl)nn23)C1. The van der Waals surface area contributed by atoms with E-state index in [4.69, 9.17) is 16.6 Å². The Bertz CT molecular complexity index is 780. The third-order valence-corrected chi connectivity index (χ3v) is 5.31. The van der Waals surface area contributed by atoms with Crippen LogP contribution < -0.4 is 0 Å². The molecule has 1 unspecified atom stereocenters. The minimum atomic E-state index is -1.58. The van der Waals surface area contributed by atoms with Gasteiger partial charge in [-0.2, -0.15) is 13.9 Å². The van der Waals surface area contributed by atoms with Crippen molar-refractivity contribution < 1.29 is 8.78 Å². The normalized spacial score (nSPS) is 22.0. The Morgan fingerprint density at radius 3 is 2.83 bits per heavy atom. The summed E-state index contributed by atoms with van der Waals surface area (Å²) in [6.07, 6.45) is 3.81. The lowest BCUT2D eigenvalue weighted by molar-refractivity contribution is 0.310. The third kappa shape index (κ3) is 3.05. The predicted molar refractivity (Wildman–Crippen MR) is 88.3 cm³/mol. The Labute approximate surface area is 144 Å². The van der Waals surface area contributed by atoms with Gasteiger partial charge in [-0.3, -0.25) is 4.90 Å². The van der Waals surface area contributed by atoms with E-state index in [0.29, 0.717) is 24.2 Å². The van der Waals surface area contributed by atoms with Crippen LogP contribution in [0.2, 0.25) is 5.15 Å². The number of hydrogen-bond acceptors (Lipinski definition) is 3. The average molecular weight is 353 g/mol. The molecule has 1 aliphatic carbocycles. The van der Waals surface area contributed by atoms with E-state index in [1.807, 2.05) is 10.6 Å². The minimum Gasteiger partial charge on any atom is -0.297 e. The molecule has 2 aromatic heterocycles. The first-order valence-electron chi connectivity index (χ1n) is 8.39. The van der Waals surface area contributed by atoms with Crippen molar-refractivity contribution in [2.45, 2.75) is 38.1 Å². The topological polar surface area (TPSA) is 33.4 Å². The molecule has 24 heavy (non-hydrogen) atoms. The second-order valence-electron chi connectivity index (χ2n) is 6.74. The van der Waals surface area contributed by atoms with Crippen LogP contribution in [0.4, 0.5) is 8.78 Å². The standard InChI is InChI=1S/C17H19ClF2N4/c18-14-4-5-16-21-17(12-2-1-3-12)13(24(16)22-14)10-23-7-6-11(9-23)8-15(19)20/h4-5,8,11-12H,1-3,6-7,9-10H2. The molecule has 4 nitrogen and oxygen atoms in total. The van der Waals surface area contributed by atoms with Crippen LogP contribution in [-0.4, -0.2) is 32.6 Å². The number of fused-ring (bicyclic) bond motifs is 1. The van der Waals surface area contributed by atoms with Gasteiger partial charge in [-0.15, -0.1) is 0 Å². The third-order valence-electron chi connectivity index (χ3n) is 5.10. The van der Waals surface area contributed by atoms with Crippen molar-refractivity contribution >= 4 is 17.2 Å². The van der Waals surface area contributed by atoms with Crippen LogP contribution in [0.1, 0.15) is 43.0 Å². The number of imidazole rings is 1. The molecule has 0 aromatic carbocycles. The van der Waals surface area contributed by atoms with Crippen LogP contribution >= 0.6 is 11.6 Å². The van der Waals surface area contributed by atoms with Crippen molar-refractivity contribution in [2.24, 2.45) is 5.92 Å². The summed E-state index contributed by atoms with van der Waals surface area (Å²) in [5.74, 6) is 0.417. The zero-order valence-electron chi connectivity index (χ0n) is 13.3. The van der Waals surface area contributed by atoms with Gasteiger partial charge in [0.1, 0.15) is 5.15 Å². The molecule has 128 valence electrons. The molecule has 0 N–H and O–H groups in total. The smallest absolute Gasteiger partial charge is 0.266 e. The molecule has 3 heterocycles. The molecule has 0 amide bonds. The van der Waals surface area contributed by atoms with Gasteiger partial charge >= 0.3 is 0 Å². The molecule has 0 bridgehead atoms. The predicted octanol–water partition coefficient (Wildman–Crippen LogP) is 4.25. The van der Waals surface area contributed by atoms with Gasteiger partial charge in [0.25, 0.3) is 6.08 Å². The molecule has 2 fully saturated rings. The van der Waals surface area contributed by atoms with E-state index < -0.39 is 6.08 Å². The summed E-state index contributed by atoms with van der Waals surface area (Å²) in [7, 11) is 0. The van der Waals surface area contributed by atoms with Gasteiger partial charge in [0.2, 0.25) is 0 Å². The Balaban J connectivity index is 1.63. The maximum Gasteiger partial charge on any atom is 0.266 e. The zero-order valence-corrected chi connectivity index (χ0v) is 14.0. The van der Waals surface area contributed by atoms with Crippen LogP contribution in [0.15, 0.2) is 24.3 Å². The lowest BCUT2D eigenvalue weighted by Gasteiger charge is -2.25. The molecule has 1 atom stereocenters. The summed E-state index contributed by atoms with van der Waals surface area (Å²) < 4.78 is 26.8. The van der Waals surface area contributed by atoms with Crippen LogP contribution in [0.5, 0.6) is 0 Å². The molecule has 1 saturated carbocycles. The number of nitrogens with zero attached hydrogens (tertiary/aromatic N) is 4. The molecule has 7 heteroatoms. The summed E-state index contributed by atoms with van der Waals surface area (Å²) in [4.78, 5) is 6.98. The lowest BCUT2D eigenvalue weighted by Crippen LogP contribution is -2.23. The van der Waals surface area contributed by atoms with Crippen LogP contribution in [0.3, 0.4) is 0 Å². The van der Waals surface area contributed by atoms with E-state index in [1.54, 1.807) is 6.07 Å². The molecule has 1 aliphatic heterocycles. The fourth-order valence-corrected chi connectivity index (χ4v) is 3.80. The van der Waals surface area contributed by atoms with E-state index in [9.17, 15) is 8.78 Å². The van der Waals surface area contributed by atoms with Gasteiger partial charge in [0, 0.05) is 19.0 Å². The number of halogens is 3. The highest BCUT2D eigenvalue weighted by Gasteiger charge is 2.29. The van der Waals surface area contributed by atoms with Gasteiger partial charge < -0.3 is 0 Å². The second-order valence-corrected chi connectivity index (χ2v) is 7.13. The Morgan fingerprint density at radius 2 is 2.12 bits per heavy atom. The lowest BCUT2D eigenvalue weighted by atomic mass is 9.82. The molecular weight excluding hydrogens is 334 g/mol. The first kappa shape index (κ1) is 16.0. The monoisotopic (exact) mass is 352 g/mol. The van der Waals surface area contributed by atoms with Gasteiger partial charge in [-0.25, -0.2) is 9.50 Å².